The Hall–Kier alpha value is -1.19. The minimum absolute atomic E-state index is 0.0681. The Kier molecular flexibility index (Phi) is 3.65. The van der Waals surface area contributed by atoms with Gasteiger partial charge in [-0.2, -0.15) is 0 Å². The van der Waals surface area contributed by atoms with Crippen molar-refractivity contribution in [3.63, 3.8) is 0 Å². The molecule has 0 radical (unpaired) electrons. The van der Waals surface area contributed by atoms with Crippen molar-refractivity contribution in [1.82, 2.24) is 5.32 Å². The van der Waals surface area contributed by atoms with Crippen LogP contribution >= 0.6 is 15.9 Å². The van der Waals surface area contributed by atoms with Gasteiger partial charge in [-0.05, 0) is 48.2 Å². The van der Waals surface area contributed by atoms with Gasteiger partial charge in [-0.15, -0.1) is 0 Å². The van der Waals surface area contributed by atoms with E-state index in [0.717, 1.165) is 35.1 Å². The summed E-state index contributed by atoms with van der Waals surface area (Å²) in [6.07, 6.45) is 0.867. The number of halogens is 2. The van der Waals surface area contributed by atoms with Gasteiger partial charge in [0.05, 0.1) is 0 Å². The van der Waals surface area contributed by atoms with E-state index in [-0.39, 0.29) is 11.2 Å². The SMILES string of the molecule is Cc1ccc(F)cc1CC1(c2ccccc2Br)CNC1. The summed E-state index contributed by atoms with van der Waals surface area (Å²) in [5.41, 5.74) is 3.63. The summed E-state index contributed by atoms with van der Waals surface area (Å²) in [4.78, 5) is 0. The molecule has 3 heteroatoms. The van der Waals surface area contributed by atoms with Crippen molar-refractivity contribution >= 4 is 15.9 Å². The minimum Gasteiger partial charge on any atom is -0.315 e. The summed E-state index contributed by atoms with van der Waals surface area (Å²) in [7, 11) is 0. The first kappa shape index (κ1) is 13.8. The number of hydrogen-bond donors (Lipinski definition) is 1. The lowest BCUT2D eigenvalue weighted by atomic mass is 9.70. The lowest BCUT2D eigenvalue weighted by molar-refractivity contribution is 0.273. The van der Waals surface area contributed by atoms with E-state index >= 15 is 0 Å². The van der Waals surface area contributed by atoms with Gasteiger partial charge in [-0.1, -0.05) is 40.2 Å². The predicted molar refractivity (Wildman–Crippen MR) is 83.5 cm³/mol. The van der Waals surface area contributed by atoms with Crippen molar-refractivity contribution in [3.8, 4) is 0 Å². The van der Waals surface area contributed by atoms with Crippen LogP contribution in [0.4, 0.5) is 4.39 Å². The van der Waals surface area contributed by atoms with Gasteiger partial charge in [-0.3, -0.25) is 0 Å². The summed E-state index contributed by atoms with van der Waals surface area (Å²) >= 11 is 3.65. The maximum absolute atomic E-state index is 13.5. The average Bonchev–Trinajstić information content (AvgIpc) is 2.39. The van der Waals surface area contributed by atoms with Crippen molar-refractivity contribution in [2.45, 2.75) is 18.8 Å². The maximum Gasteiger partial charge on any atom is 0.123 e. The molecule has 1 fully saturated rings. The molecule has 0 spiro atoms. The van der Waals surface area contributed by atoms with E-state index in [1.165, 1.54) is 11.6 Å². The molecule has 0 atom stereocenters. The quantitative estimate of drug-likeness (QED) is 0.895. The molecular weight excluding hydrogens is 317 g/mol. The predicted octanol–water partition coefficient (Wildman–Crippen LogP) is 3.98. The standard InChI is InChI=1S/C17H17BrFN/c1-12-6-7-14(19)8-13(12)9-17(10-20-11-17)15-4-2-3-5-16(15)18/h2-8,20H,9-11H2,1H3. The molecule has 104 valence electrons. The van der Waals surface area contributed by atoms with Crippen molar-refractivity contribution in [2.75, 3.05) is 13.1 Å². The molecule has 2 aromatic rings. The smallest absolute Gasteiger partial charge is 0.123 e. The third kappa shape index (κ3) is 2.40. The van der Waals surface area contributed by atoms with Crippen LogP contribution in [0.15, 0.2) is 46.9 Å². The highest BCUT2D eigenvalue weighted by Crippen LogP contribution is 2.37. The van der Waals surface area contributed by atoms with Crippen LogP contribution in [0.1, 0.15) is 16.7 Å². The van der Waals surface area contributed by atoms with Crippen molar-refractivity contribution in [1.29, 1.82) is 0 Å². The van der Waals surface area contributed by atoms with Gasteiger partial charge >= 0.3 is 0 Å². The van der Waals surface area contributed by atoms with E-state index in [0.29, 0.717) is 0 Å². The molecule has 0 aromatic heterocycles. The summed E-state index contributed by atoms with van der Waals surface area (Å²) in [6.45, 7) is 3.92. The second-order valence-electron chi connectivity index (χ2n) is 5.61. The Balaban J connectivity index is 1.98. The third-order valence-corrected chi connectivity index (χ3v) is 4.90. The second kappa shape index (κ2) is 5.30. The molecule has 1 aliphatic heterocycles. The average molecular weight is 334 g/mol. The Bertz CT molecular complexity index is 635. The summed E-state index contributed by atoms with van der Waals surface area (Å²) in [5.74, 6) is -0.153. The lowest BCUT2D eigenvalue weighted by Gasteiger charge is -2.44. The zero-order valence-electron chi connectivity index (χ0n) is 11.4. The van der Waals surface area contributed by atoms with Crippen LogP contribution in [0.5, 0.6) is 0 Å². The molecular formula is C17H17BrFN. The Morgan fingerprint density at radius 2 is 1.95 bits per heavy atom. The molecule has 1 saturated heterocycles. The fourth-order valence-corrected chi connectivity index (χ4v) is 3.63. The van der Waals surface area contributed by atoms with Crippen molar-refractivity contribution in [3.05, 3.63) is 69.4 Å². The first-order valence-corrected chi connectivity index (χ1v) is 7.61. The minimum atomic E-state index is -0.153. The van der Waals surface area contributed by atoms with Crippen LogP contribution in [0.25, 0.3) is 0 Å². The van der Waals surface area contributed by atoms with E-state index < -0.39 is 0 Å². The number of aryl methyl sites for hydroxylation is 1. The zero-order valence-corrected chi connectivity index (χ0v) is 13.0. The van der Waals surface area contributed by atoms with Crippen LogP contribution in [-0.4, -0.2) is 13.1 Å². The highest BCUT2D eigenvalue weighted by molar-refractivity contribution is 9.10. The number of hydrogen-bond acceptors (Lipinski definition) is 1. The third-order valence-electron chi connectivity index (χ3n) is 4.21. The van der Waals surface area contributed by atoms with Crippen LogP contribution in [0, 0.1) is 12.7 Å². The molecule has 0 unspecified atom stereocenters. The molecule has 0 bridgehead atoms. The Labute approximate surface area is 127 Å². The molecule has 20 heavy (non-hydrogen) atoms. The zero-order chi connectivity index (χ0) is 14.2. The highest BCUT2D eigenvalue weighted by Gasteiger charge is 2.40. The molecule has 1 nitrogen and oxygen atoms in total. The van der Waals surface area contributed by atoms with Gasteiger partial charge in [0.25, 0.3) is 0 Å². The molecule has 1 heterocycles. The lowest BCUT2D eigenvalue weighted by Crippen LogP contribution is -2.58. The topological polar surface area (TPSA) is 12.0 Å². The van der Waals surface area contributed by atoms with Gasteiger partial charge in [0.2, 0.25) is 0 Å². The van der Waals surface area contributed by atoms with E-state index in [1.807, 2.05) is 12.1 Å². The van der Waals surface area contributed by atoms with E-state index in [2.05, 4.69) is 46.4 Å². The van der Waals surface area contributed by atoms with Crippen LogP contribution in [0.3, 0.4) is 0 Å². The molecule has 1 aliphatic rings. The molecule has 1 N–H and O–H groups in total. The van der Waals surface area contributed by atoms with Gasteiger partial charge in [0.1, 0.15) is 5.82 Å². The monoisotopic (exact) mass is 333 g/mol. The highest BCUT2D eigenvalue weighted by atomic mass is 79.9. The first-order chi connectivity index (χ1) is 9.61. The molecule has 3 rings (SSSR count). The molecule has 0 aliphatic carbocycles. The summed E-state index contributed by atoms with van der Waals surface area (Å²) in [6, 6.07) is 13.4. The summed E-state index contributed by atoms with van der Waals surface area (Å²) in [5, 5.41) is 3.37. The van der Waals surface area contributed by atoms with Gasteiger partial charge in [0.15, 0.2) is 0 Å². The molecule has 2 aromatic carbocycles. The number of benzene rings is 2. The van der Waals surface area contributed by atoms with E-state index in [9.17, 15) is 4.39 Å². The number of rotatable bonds is 3. The second-order valence-corrected chi connectivity index (χ2v) is 6.47. The largest absolute Gasteiger partial charge is 0.315 e. The fourth-order valence-electron chi connectivity index (χ4n) is 2.92. The van der Waals surface area contributed by atoms with E-state index in [4.69, 9.17) is 0 Å². The maximum atomic E-state index is 13.5. The Morgan fingerprint density at radius 1 is 1.20 bits per heavy atom. The van der Waals surface area contributed by atoms with Crippen molar-refractivity contribution < 1.29 is 4.39 Å². The van der Waals surface area contributed by atoms with Gasteiger partial charge in [0, 0.05) is 23.0 Å². The first-order valence-electron chi connectivity index (χ1n) is 6.81. The fraction of sp³-hybridized carbons (Fsp3) is 0.294. The van der Waals surface area contributed by atoms with E-state index in [1.54, 1.807) is 6.07 Å². The molecule has 0 amide bonds. The Morgan fingerprint density at radius 3 is 2.60 bits per heavy atom. The van der Waals surface area contributed by atoms with Crippen LogP contribution in [0.2, 0.25) is 0 Å². The van der Waals surface area contributed by atoms with Crippen LogP contribution in [-0.2, 0) is 11.8 Å². The van der Waals surface area contributed by atoms with Gasteiger partial charge in [-0.25, -0.2) is 4.39 Å². The summed E-state index contributed by atoms with van der Waals surface area (Å²) < 4.78 is 14.6. The van der Waals surface area contributed by atoms with Gasteiger partial charge < -0.3 is 5.32 Å². The van der Waals surface area contributed by atoms with Crippen LogP contribution < -0.4 is 5.32 Å². The normalized spacial score (nSPS) is 16.8. The van der Waals surface area contributed by atoms with Crippen molar-refractivity contribution in [2.24, 2.45) is 0 Å². The molecule has 0 saturated carbocycles. The number of nitrogens with one attached hydrogen (secondary N) is 1.